The molecular weight excluding hydrogens is 376 g/mol. The molecule has 1 saturated heterocycles. The van der Waals surface area contributed by atoms with Crippen molar-refractivity contribution >= 4 is 17.8 Å². The zero-order valence-electron chi connectivity index (χ0n) is 14.7. The molecule has 0 spiro atoms. The summed E-state index contributed by atoms with van der Waals surface area (Å²) in [7, 11) is 0. The van der Waals surface area contributed by atoms with Crippen molar-refractivity contribution in [2.75, 3.05) is 6.61 Å². The van der Waals surface area contributed by atoms with E-state index in [1.807, 2.05) is 0 Å². The first-order valence-corrected chi connectivity index (χ1v) is 8.43. The number of aromatic nitrogens is 1. The molecule has 5 atom stereocenters. The molecule has 1 aliphatic rings. The maximum atomic E-state index is 12.1. The molecule has 12 heteroatoms. The van der Waals surface area contributed by atoms with Gasteiger partial charge in [0.2, 0.25) is 5.91 Å². The number of carbonyl (C=O) groups is 3. The van der Waals surface area contributed by atoms with E-state index in [1.165, 1.54) is 18.5 Å². The standard InChI is InChI=1S/C16H22N4O8/c21-7-9-13(25)14(26)12(18-10(22)3-4-11(23)24)16(28-9)20-19-15(27)8-2-1-5-17-6-8/h1-2,5-6,9,12-14,16,20-21,25-26H,3-4,7H2,(H,18,22)(H,19,27)(H,23,24)/t9-,12+,13+,14-,16-/m0/s1. The fourth-order valence-electron chi connectivity index (χ4n) is 2.59. The van der Waals surface area contributed by atoms with Gasteiger partial charge in [-0.15, -0.1) is 0 Å². The lowest BCUT2D eigenvalue weighted by Gasteiger charge is -2.42. The molecule has 0 aromatic carbocycles. The van der Waals surface area contributed by atoms with E-state index in [1.54, 1.807) is 6.07 Å². The first kappa shape index (κ1) is 21.7. The van der Waals surface area contributed by atoms with E-state index in [9.17, 15) is 29.7 Å². The number of hydrazine groups is 1. The number of hydrogen-bond acceptors (Lipinski definition) is 9. The predicted molar refractivity (Wildman–Crippen MR) is 91.4 cm³/mol. The molecule has 154 valence electrons. The molecule has 7 N–H and O–H groups in total. The molecule has 1 fully saturated rings. The van der Waals surface area contributed by atoms with Crippen molar-refractivity contribution < 1.29 is 39.5 Å². The fraction of sp³-hybridized carbons (Fsp3) is 0.500. The van der Waals surface area contributed by atoms with Gasteiger partial charge in [0.05, 0.1) is 24.6 Å². The van der Waals surface area contributed by atoms with Gasteiger partial charge < -0.3 is 30.5 Å². The number of ether oxygens (including phenoxy) is 1. The summed E-state index contributed by atoms with van der Waals surface area (Å²) in [4.78, 5) is 38.4. The molecule has 1 aromatic heterocycles. The van der Waals surface area contributed by atoms with Crippen LogP contribution in [0.5, 0.6) is 0 Å². The van der Waals surface area contributed by atoms with Crippen LogP contribution in [-0.4, -0.2) is 80.4 Å². The summed E-state index contributed by atoms with van der Waals surface area (Å²) in [5.41, 5.74) is 5.05. The van der Waals surface area contributed by atoms with Crippen molar-refractivity contribution in [1.29, 1.82) is 0 Å². The lowest BCUT2D eigenvalue weighted by Crippen LogP contribution is -2.69. The van der Waals surface area contributed by atoms with Crippen molar-refractivity contribution in [2.24, 2.45) is 0 Å². The summed E-state index contributed by atoms with van der Waals surface area (Å²) in [5, 5.41) is 40.6. The smallest absolute Gasteiger partial charge is 0.303 e. The Morgan fingerprint density at radius 1 is 1.18 bits per heavy atom. The number of amides is 2. The Morgan fingerprint density at radius 3 is 2.54 bits per heavy atom. The minimum Gasteiger partial charge on any atom is -0.481 e. The van der Waals surface area contributed by atoms with Crippen LogP contribution >= 0.6 is 0 Å². The average Bonchev–Trinajstić information content (AvgIpc) is 2.69. The minimum atomic E-state index is -1.55. The molecule has 0 aliphatic carbocycles. The van der Waals surface area contributed by atoms with Crippen molar-refractivity contribution in [3.63, 3.8) is 0 Å². The van der Waals surface area contributed by atoms with E-state index in [-0.39, 0.29) is 12.0 Å². The first-order valence-electron chi connectivity index (χ1n) is 8.43. The van der Waals surface area contributed by atoms with E-state index in [2.05, 4.69) is 21.2 Å². The Kier molecular flexibility index (Phi) is 7.78. The van der Waals surface area contributed by atoms with Gasteiger partial charge in [0, 0.05) is 18.8 Å². The van der Waals surface area contributed by atoms with E-state index in [0.717, 1.165) is 0 Å². The Balaban J connectivity index is 2.05. The van der Waals surface area contributed by atoms with Crippen LogP contribution in [0.2, 0.25) is 0 Å². The molecular formula is C16H22N4O8. The van der Waals surface area contributed by atoms with Gasteiger partial charge >= 0.3 is 5.97 Å². The molecule has 0 saturated carbocycles. The van der Waals surface area contributed by atoms with Crippen LogP contribution in [0.3, 0.4) is 0 Å². The third-order valence-corrected chi connectivity index (χ3v) is 4.07. The van der Waals surface area contributed by atoms with Gasteiger partial charge in [-0.2, -0.15) is 0 Å². The number of pyridine rings is 1. The normalized spacial score (nSPS) is 27.0. The van der Waals surface area contributed by atoms with Gasteiger partial charge in [-0.05, 0) is 12.1 Å². The third-order valence-electron chi connectivity index (χ3n) is 4.07. The first-order chi connectivity index (χ1) is 13.3. The summed E-state index contributed by atoms with van der Waals surface area (Å²) in [6.45, 7) is -0.618. The van der Waals surface area contributed by atoms with Gasteiger partial charge in [0.25, 0.3) is 5.91 Å². The molecule has 0 unspecified atom stereocenters. The minimum absolute atomic E-state index is 0.229. The van der Waals surface area contributed by atoms with Gasteiger partial charge in [-0.3, -0.25) is 24.8 Å². The number of aliphatic hydroxyl groups is 3. The quantitative estimate of drug-likeness (QED) is 0.224. The number of rotatable bonds is 8. The summed E-state index contributed by atoms with van der Waals surface area (Å²) in [6.07, 6.45) is -3.42. The Bertz CT molecular complexity index is 688. The van der Waals surface area contributed by atoms with Crippen LogP contribution in [0.25, 0.3) is 0 Å². The number of carbonyl (C=O) groups excluding carboxylic acids is 2. The highest BCUT2D eigenvalue weighted by molar-refractivity contribution is 5.93. The van der Waals surface area contributed by atoms with E-state index in [0.29, 0.717) is 0 Å². The number of carboxylic acids is 1. The molecule has 2 amide bonds. The second-order valence-corrected chi connectivity index (χ2v) is 6.09. The summed E-state index contributed by atoms with van der Waals surface area (Å²) in [6, 6.07) is 1.83. The highest BCUT2D eigenvalue weighted by Gasteiger charge is 2.45. The molecule has 2 heterocycles. The lowest BCUT2D eigenvalue weighted by atomic mass is 9.96. The highest BCUT2D eigenvalue weighted by Crippen LogP contribution is 2.20. The second-order valence-electron chi connectivity index (χ2n) is 6.09. The summed E-state index contributed by atoms with van der Waals surface area (Å²) < 4.78 is 5.41. The van der Waals surface area contributed by atoms with E-state index >= 15 is 0 Å². The van der Waals surface area contributed by atoms with Crippen LogP contribution in [-0.2, 0) is 14.3 Å². The number of hydrogen-bond donors (Lipinski definition) is 7. The average molecular weight is 398 g/mol. The van der Waals surface area contributed by atoms with Crippen molar-refractivity contribution in [1.82, 2.24) is 21.2 Å². The van der Waals surface area contributed by atoms with Gasteiger partial charge in [0.1, 0.15) is 24.5 Å². The van der Waals surface area contributed by atoms with Crippen LogP contribution < -0.4 is 16.2 Å². The van der Waals surface area contributed by atoms with E-state index < -0.39 is 61.4 Å². The number of nitrogens with one attached hydrogen (secondary N) is 3. The third kappa shape index (κ3) is 5.68. The van der Waals surface area contributed by atoms with Crippen LogP contribution in [0, 0.1) is 0 Å². The van der Waals surface area contributed by atoms with Crippen molar-refractivity contribution in [2.45, 2.75) is 43.4 Å². The second kappa shape index (κ2) is 10.1. The summed E-state index contributed by atoms with van der Waals surface area (Å²) >= 11 is 0. The van der Waals surface area contributed by atoms with Gasteiger partial charge in [0.15, 0.2) is 0 Å². The molecule has 1 aromatic rings. The fourth-order valence-corrected chi connectivity index (χ4v) is 2.59. The Morgan fingerprint density at radius 2 is 1.93 bits per heavy atom. The van der Waals surface area contributed by atoms with Gasteiger partial charge in [-0.1, -0.05) is 0 Å². The molecule has 1 aliphatic heterocycles. The van der Waals surface area contributed by atoms with Crippen molar-refractivity contribution in [3.8, 4) is 0 Å². The number of aliphatic hydroxyl groups excluding tert-OH is 3. The molecule has 28 heavy (non-hydrogen) atoms. The SMILES string of the molecule is O=C(O)CCC(=O)N[C@@H]1[C@H](O)[C@H](O)[C@H](CO)O[C@@H]1NNC(=O)c1cccnc1. The predicted octanol–water partition coefficient (Wildman–Crippen LogP) is -2.90. The van der Waals surface area contributed by atoms with Crippen LogP contribution in [0.4, 0.5) is 0 Å². The Hall–Kier alpha value is -2.64. The largest absolute Gasteiger partial charge is 0.481 e. The molecule has 0 radical (unpaired) electrons. The molecule has 2 rings (SSSR count). The maximum absolute atomic E-state index is 12.1. The van der Waals surface area contributed by atoms with Gasteiger partial charge in [-0.25, -0.2) is 5.43 Å². The number of nitrogens with zero attached hydrogens (tertiary/aromatic N) is 1. The van der Waals surface area contributed by atoms with Crippen molar-refractivity contribution in [3.05, 3.63) is 30.1 Å². The number of carboxylic acid groups (broad SMARTS) is 1. The Labute approximate surface area is 159 Å². The maximum Gasteiger partial charge on any atom is 0.303 e. The molecule has 0 bridgehead atoms. The van der Waals surface area contributed by atoms with Crippen LogP contribution in [0.1, 0.15) is 23.2 Å². The van der Waals surface area contributed by atoms with Crippen LogP contribution in [0.15, 0.2) is 24.5 Å². The number of aliphatic carboxylic acids is 1. The lowest BCUT2D eigenvalue weighted by molar-refractivity contribution is -0.204. The zero-order valence-corrected chi connectivity index (χ0v) is 14.7. The highest BCUT2D eigenvalue weighted by atomic mass is 16.5. The summed E-state index contributed by atoms with van der Waals surface area (Å²) in [5.74, 6) is -2.45. The topological polar surface area (TPSA) is 190 Å². The monoisotopic (exact) mass is 398 g/mol. The van der Waals surface area contributed by atoms with E-state index in [4.69, 9.17) is 9.84 Å². The molecule has 12 nitrogen and oxygen atoms in total. The zero-order chi connectivity index (χ0) is 20.7.